The van der Waals surface area contributed by atoms with Crippen molar-refractivity contribution >= 4 is 23.5 Å². The fourth-order valence-electron chi connectivity index (χ4n) is 2.21. The standard InChI is InChI=1S/C12H13BN2O3/c16-12-9-5-4-8(13(17)18)6-10(9)14-11(15-12)7-2-1-3-7/h4-7,17-18H,1-3H2,(H,14,15,16). The summed E-state index contributed by atoms with van der Waals surface area (Å²) in [5, 5.41) is 18.7. The molecule has 0 saturated heterocycles. The van der Waals surface area contributed by atoms with E-state index in [1.807, 2.05) is 0 Å². The summed E-state index contributed by atoms with van der Waals surface area (Å²) in [7, 11) is -1.54. The van der Waals surface area contributed by atoms with E-state index in [0.717, 1.165) is 12.8 Å². The van der Waals surface area contributed by atoms with Crippen LogP contribution in [0.3, 0.4) is 0 Å². The van der Waals surface area contributed by atoms with E-state index in [2.05, 4.69) is 9.97 Å². The van der Waals surface area contributed by atoms with Gasteiger partial charge in [0.1, 0.15) is 5.82 Å². The summed E-state index contributed by atoms with van der Waals surface area (Å²) in [6, 6.07) is 4.64. The van der Waals surface area contributed by atoms with Gasteiger partial charge in [0.15, 0.2) is 0 Å². The van der Waals surface area contributed by atoms with Crippen LogP contribution in [0.1, 0.15) is 31.0 Å². The topological polar surface area (TPSA) is 86.2 Å². The molecule has 2 aromatic rings. The van der Waals surface area contributed by atoms with Gasteiger partial charge in [-0.25, -0.2) is 4.98 Å². The largest absolute Gasteiger partial charge is 0.488 e. The molecule has 5 nitrogen and oxygen atoms in total. The van der Waals surface area contributed by atoms with Crippen molar-refractivity contribution in [3.05, 3.63) is 34.4 Å². The maximum absolute atomic E-state index is 11.9. The second-order valence-corrected chi connectivity index (χ2v) is 4.73. The average Bonchev–Trinajstić information content (AvgIpc) is 2.25. The Morgan fingerprint density at radius 3 is 2.72 bits per heavy atom. The quantitative estimate of drug-likeness (QED) is 0.642. The highest BCUT2D eigenvalue weighted by Crippen LogP contribution is 2.34. The number of hydrogen-bond acceptors (Lipinski definition) is 4. The molecule has 92 valence electrons. The number of rotatable bonds is 2. The van der Waals surface area contributed by atoms with Gasteiger partial charge in [0.25, 0.3) is 5.56 Å². The summed E-state index contributed by atoms with van der Waals surface area (Å²) in [6.45, 7) is 0. The first kappa shape index (κ1) is 11.4. The molecule has 0 radical (unpaired) electrons. The molecule has 0 aliphatic heterocycles. The van der Waals surface area contributed by atoms with Crippen LogP contribution in [0, 0.1) is 0 Å². The fourth-order valence-corrected chi connectivity index (χ4v) is 2.21. The smallest absolute Gasteiger partial charge is 0.423 e. The van der Waals surface area contributed by atoms with E-state index in [4.69, 9.17) is 10.0 Å². The van der Waals surface area contributed by atoms with Crippen molar-refractivity contribution in [1.29, 1.82) is 0 Å². The van der Waals surface area contributed by atoms with Crippen molar-refractivity contribution in [2.45, 2.75) is 25.2 Å². The maximum Gasteiger partial charge on any atom is 0.488 e. The average molecular weight is 244 g/mol. The lowest BCUT2D eigenvalue weighted by Gasteiger charge is -2.24. The molecule has 1 fully saturated rings. The van der Waals surface area contributed by atoms with E-state index >= 15 is 0 Å². The van der Waals surface area contributed by atoms with Gasteiger partial charge >= 0.3 is 7.12 Å². The molecule has 6 heteroatoms. The number of fused-ring (bicyclic) bond motifs is 1. The zero-order valence-corrected chi connectivity index (χ0v) is 9.76. The van der Waals surface area contributed by atoms with Crippen molar-refractivity contribution in [1.82, 2.24) is 9.97 Å². The van der Waals surface area contributed by atoms with Crippen molar-refractivity contribution < 1.29 is 10.0 Å². The van der Waals surface area contributed by atoms with Gasteiger partial charge in [0, 0.05) is 5.92 Å². The second kappa shape index (κ2) is 4.22. The van der Waals surface area contributed by atoms with Crippen LogP contribution in [0.2, 0.25) is 0 Å². The minimum absolute atomic E-state index is 0.166. The molecular weight excluding hydrogens is 231 g/mol. The Kier molecular flexibility index (Phi) is 2.68. The van der Waals surface area contributed by atoms with E-state index in [1.165, 1.54) is 12.5 Å². The first-order valence-electron chi connectivity index (χ1n) is 6.05. The van der Waals surface area contributed by atoms with Gasteiger partial charge in [-0.1, -0.05) is 12.5 Å². The highest BCUT2D eigenvalue weighted by molar-refractivity contribution is 6.58. The lowest BCUT2D eigenvalue weighted by atomic mass is 9.80. The lowest BCUT2D eigenvalue weighted by molar-refractivity contribution is 0.402. The Morgan fingerprint density at radius 1 is 1.33 bits per heavy atom. The van der Waals surface area contributed by atoms with Gasteiger partial charge in [-0.05, 0) is 30.4 Å². The maximum atomic E-state index is 11.9. The molecule has 0 spiro atoms. The summed E-state index contributed by atoms with van der Waals surface area (Å²) < 4.78 is 0. The SMILES string of the molecule is O=c1[nH]c(C2CCC2)nc2cc(B(O)O)ccc12. The summed E-state index contributed by atoms with van der Waals surface area (Å²) in [5.74, 6) is 1.05. The molecule has 1 aliphatic rings. The number of aromatic amines is 1. The first-order valence-corrected chi connectivity index (χ1v) is 6.05. The Hall–Kier alpha value is -1.66. The van der Waals surface area contributed by atoms with E-state index < -0.39 is 7.12 Å². The zero-order valence-electron chi connectivity index (χ0n) is 9.76. The van der Waals surface area contributed by atoms with Gasteiger partial charge in [-0.15, -0.1) is 0 Å². The molecule has 1 heterocycles. The van der Waals surface area contributed by atoms with Gasteiger partial charge in [-0.3, -0.25) is 4.79 Å². The lowest BCUT2D eigenvalue weighted by Crippen LogP contribution is -2.30. The molecule has 1 aromatic carbocycles. The van der Waals surface area contributed by atoms with Gasteiger partial charge in [-0.2, -0.15) is 0 Å². The summed E-state index contributed by atoms with van der Waals surface area (Å²) >= 11 is 0. The Morgan fingerprint density at radius 2 is 2.11 bits per heavy atom. The van der Waals surface area contributed by atoms with Crippen molar-refractivity contribution in [2.24, 2.45) is 0 Å². The minimum atomic E-state index is -1.54. The van der Waals surface area contributed by atoms with Crippen LogP contribution >= 0.6 is 0 Å². The Bertz CT molecular complexity index is 649. The highest BCUT2D eigenvalue weighted by atomic mass is 16.4. The van der Waals surface area contributed by atoms with Crippen LogP contribution in [0.25, 0.3) is 10.9 Å². The van der Waals surface area contributed by atoms with Crippen LogP contribution < -0.4 is 11.0 Å². The number of nitrogens with one attached hydrogen (secondary N) is 1. The molecule has 0 unspecified atom stereocenters. The van der Waals surface area contributed by atoms with Gasteiger partial charge in [0.05, 0.1) is 10.9 Å². The molecule has 0 atom stereocenters. The Labute approximate surface area is 104 Å². The van der Waals surface area contributed by atoms with Crippen LogP contribution in [0.4, 0.5) is 0 Å². The molecule has 18 heavy (non-hydrogen) atoms. The van der Waals surface area contributed by atoms with E-state index in [0.29, 0.717) is 28.1 Å². The predicted octanol–water partition coefficient (Wildman–Crippen LogP) is -0.130. The fraction of sp³-hybridized carbons (Fsp3) is 0.333. The summed E-state index contributed by atoms with van der Waals surface area (Å²) in [6.07, 6.45) is 3.27. The molecule has 3 rings (SSSR count). The van der Waals surface area contributed by atoms with E-state index in [9.17, 15) is 4.79 Å². The van der Waals surface area contributed by atoms with Crippen molar-refractivity contribution in [3.8, 4) is 0 Å². The Balaban J connectivity index is 2.16. The second-order valence-electron chi connectivity index (χ2n) is 4.73. The zero-order chi connectivity index (χ0) is 12.7. The molecule has 1 aliphatic carbocycles. The normalized spacial score (nSPS) is 15.7. The third-order valence-electron chi connectivity index (χ3n) is 3.54. The summed E-state index contributed by atoms with van der Waals surface area (Å²) in [5.41, 5.74) is 0.701. The highest BCUT2D eigenvalue weighted by Gasteiger charge is 2.22. The van der Waals surface area contributed by atoms with Crippen LogP contribution in [0.5, 0.6) is 0 Å². The molecular formula is C12H13BN2O3. The van der Waals surface area contributed by atoms with E-state index in [1.54, 1.807) is 12.1 Å². The number of nitrogens with zero attached hydrogens (tertiary/aromatic N) is 1. The van der Waals surface area contributed by atoms with Gasteiger partial charge < -0.3 is 15.0 Å². The van der Waals surface area contributed by atoms with Gasteiger partial charge in [0.2, 0.25) is 0 Å². The van der Waals surface area contributed by atoms with E-state index in [-0.39, 0.29) is 5.56 Å². The molecule has 0 bridgehead atoms. The first-order chi connectivity index (χ1) is 8.65. The predicted molar refractivity (Wildman–Crippen MR) is 68.8 cm³/mol. The number of benzene rings is 1. The van der Waals surface area contributed by atoms with Crippen molar-refractivity contribution in [3.63, 3.8) is 0 Å². The summed E-state index contributed by atoms with van der Waals surface area (Å²) in [4.78, 5) is 19.1. The monoisotopic (exact) mass is 244 g/mol. The number of H-pyrrole nitrogens is 1. The van der Waals surface area contributed by atoms with Crippen molar-refractivity contribution in [2.75, 3.05) is 0 Å². The molecule has 1 aromatic heterocycles. The molecule has 1 saturated carbocycles. The third kappa shape index (κ3) is 1.83. The van der Waals surface area contributed by atoms with Crippen LogP contribution in [-0.2, 0) is 0 Å². The molecule has 0 amide bonds. The minimum Gasteiger partial charge on any atom is -0.423 e. The third-order valence-corrected chi connectivity index (χ3v) is 3.54. The van der Waals surface area contributed by atoms with Crippen LogP contribution in [-0.4, -0.2) is 27.1 Å². The number of hydrogen-bond donors (Lipinski definition) is 3. The molecule has 3 N–H and O–H groups in total. The number of aromatic nitrogens is 2. The van der Waals surface area contributed by atoms with Crippen LogP contribution in [0.15, 0.2) is 23.0 Å².